The number of nitrogens with one attached hydrogen (secondary N) is 1. The molecule has 1 heterocycles. The summed E-state index contributed by atoms with van der Waals surface area (Å²) in [6.07, 6.45) is 7.45. The number of nitrogens with zero attached hydrogens (tertiary/aromatic N) is 4. The predicted octanol–water partition coefficient (Wildman–Crippen LogP) is 3.12. The molecule has 0 spiro atoms. The van der Waals surface area contributed by atoms with Crippen molar-refractivity contribution in [2.75, 3.05) is 6.54 Å². The van der Waals surface area contributed by atoms with E-state index in [2.05, 4.69) is 39.3 Å². The molecule has 0 atom stereocenters. The van der Waals surface area contributed by atoms with Gasteiger partial charge in [-0.3, -0.25) is 9.98 Å². The number of unbranched alkanes of at least 4 members (excludes halogenated alkanes) is 2. The van der Waals surface area contributed by atoms with E-state index in [1.807, 2.05) is 42.6 Å². The summed E-state index contributed by atoms with van der Waals surface area (Å²) in [5.74, 6) is 12.8. The Morgan fingerprint density at radius 3 is 2.48 bits per heavy atom. The van der Waals surface area contributed by atoms with Crippen molar-refractivity contribution in [3.05, 3.63) is 53.7 Å². The topological polar surface area (TPSA) is 140 Å². The lowest BCUT2D eigenvalue weighted by Crippen LogP contribution is -2.32. The van der Waals surface area contributed by atoms with Crippen LogP contribution in [0.5, 0.6) is 0 Å². The maximum atomic E-state index is 6.11. The average Bonchev–Trinajstić information content (AvgIpc) is 2.79. The molecule has 7 N–H and O–H groups in total. The minimum absolute atomic E-state index is 0.392. The van der Waals surface area contributed by atoms with Crippen molar-refractivity contribution in [2.45, 2.75) is 52.4 Å². The van der Waals surface area contributed by atoms with Crippen LogP contribution in [0.15, 0.2) is 57.7 Å². The number of nitrogens with two attached hydrogens (primary N) is 3. The van der Waals surface area contributed by atoms with Gasteiger partial charge in [-0.2, -0.15) is 5.10 Å². The Kier molecular flexibility index (Phi) is 10.2. The van der Waals surface area contributed by atoms with Crippen molar-refractivity contribution in [3.8, 4) is 11.3 Å². The van der Waals surface area contributed by atoms with E-state index in [0.29, 0.717) is 18.1 Å². The molecule has 0 radical (unpaired) electrons. The van der Waals surface area contributed by atoms with E-state index < -0.39 is 0 Å². The summed E-state index contributed by atoms with van der Waals surface area (Å²) in [6.45, 7) is 5.04. The van der Waals surface area contributed by atoms with Crippen LogP contribution in [0.3, 0.4) is 0 Å². The standard InChI is InChI=1S/C23H34N8/c1-3-5-11-21(24)29-22(27-14-6-4-2)15-17-12-13-20(28-16-17)18-9-7-8-10-19(18)23(30-25)31-26/h7-10,12-13,16H,3-6,11,14-15,25-26H2,1-2H3,(H,30,31)(H2,24,27,29). The first-order valence-corrected chi connectivity index (χ1v) is 10.8. The predicted molar refractivity (Wildman–Crippen MR) is 130 cm³/mol. The van der Waals surface area contributed by atoms with Gasteiger partial charge in [0.05, 0.1) is 5.69 Å². The van der Waals surface area contributed by atoms with Gasteiger partial charge in [-0.1, -0.05) is 57.0 Å². The second-order valence-electron chi connectivity index (χ2n) is 7.25. The molecule has 1 aromatic heterocycles. The molecule has 2 rings (SSSR count). The van der Waals surface area contributed by atoms with Gasteiger partial charge in [0.25, 0.3) is 0 Å². The zero-order chi connectivity index (χ0) is 22.5. The number of aromatic nitrogens is 1. The van der Waals surface area contributed by atoms with Gasteiger partial charge in [0, 0.05) is 36.7 Å². The molecule has 0 saturated heterocycles. The summed E-state index contributed by atoms with van der Waals surface area (Å²) in [4.78, 5) is 13.9. The first kappa shape index (κ1) is 24.0. The summed E-state index contributed by atoms with van der Waals surface area (Å²) in [5, 5.41) is 3.71. The Balaban J connectivity index is 2.24. The number of hydrogen-bond donors (Lipinski definition) is 4. The highest BCUT2D eigenvalue weighted by Crippen LogP contribution is 2.22. The first-order chi connectivity index (χ1) is 15.1. The van der Waals surface area contributed by atoms with Crippen LogP contribution < -0.4 is 22.8 Å². The summed E-state index contributed by atoms with van der Waals surface area (Å²) >= 11 is 0. The Bertz CT molecular complexity index is 900. The highest BCUT2D eigenvalue weighted by Gasteiger charge is 2.11. The SMILES string of the molecule is CCCCN=C(Cc1ccc(-c2ccccc2/C(=N/N)NN)nc1)N=C(N)CCCC. The Morgan fingerprint density at radius 1 is 1.06 bits per heavy atom. The lowest BCUT2D eigenvalue weighted by molar-refractivity contribution is 0.804. The molecule has 2 aromatic rings. The smallest absolute Gasteiger partial charge is 0.167 e. The molecular formula is C23H34N8. The van der Waals surface area contributed by atoms with Gasteiger partial charge in [0.15, 0.2) is 5.84 Å². The lowest BCUT2D eigenvalue weighted by Gasteiger charge is -2.11. The molecule has 0 unspecified atom stereocenters. The zero-order valence-corrected chi connectivity index (χ0v) is 18.5. The Labute approximate surface area is 184 Å². The lowest BCUT2D eigenvalue weighted by atomic mass is 10.0. The number of aliphatic imine (C=N–C) groups is 2. The molecule has 31 heavy (non-hydrogen) atoms. The van der Waals surface area contributed by atoms with E-state index in [4.69, 9.17) is 17.4 Å². The van der Waals surface area contributed by atoms with Crippen LogP contribution in [-0.2, 0) is 6.42 Å². The molecule has 8 nitrogen and oxygen atoms in total. The number of hydrazine groups is 1. The number of benzene rings is 1. The van der Waals surface area contributed by atoms with E-state index in [9.17, 15) is 0 Å². The number of rotatable bonds is 10. The summed E-state index contributed by atoms with van der Waals surface area (Å²) < 4.78 is 0. The van der Waals surface area contributed by atoms with Crippen LogP contribution in [0.4, 0.5) is 0 Å². The number of hydrogen-bond acceptors (Lipinski definition) is 5. The second kappa shape index (κ2) is 13.1. The van der Waals surface area contributed by atoms with E-state index in [1.54, 1.807) is 0 Å². The van der Waals surface area contributed by atoms with E-state index in [1.165, 1.54) is 0 Å². The normalized spacial score (nSPS) is 12.8. The largest absolute Gasteiger partial charge is 0.387 e. The first-order valence-electron chi connectivity index (χ1n) is 10.8. The molecule has 8 heteroatoms. The Hall–Kier alpha value is -3.26. The van der Waals surface area contributed by atoms with Gasteiger partial charge >= 0.3 is 0 Å². The van der Waals surface area contributed by atoms with Crippen molar-refractivity contribution in [1.82, 2.24) is 10.4 Å². The highest BCUT2D eigenvalue weighted by atomic mass is 15.3. The van der Waals surface area contributed by atoms with E-state index in [0.717, 1.165) is 66.9 Å². The van der Waals surface area contributed by atoms with Crippen LogP contribution in [0, 0.1) is 0 Å². The summed E-state index contributed by atoms with van der Waals surface area (Å²) in [5.41, 5.74) is 12.1. The molecule has 0 aliphatic heterocycles. The quantitative estimate of drug-likeness (QED) is 0.153. The molecular weight excluding hydrogens is 388 g/mol. The van der Waals surface area contributed by atoms with Crippen LogP contribution in [0.2, 0.25) is 0 Å². The molecule has 0 fully saturated rings. The zero-order valence-electron chi connectivity index (χ0n) is 18.5. The van der Waals surface area contributed by atoms with Gasteiger partial charge in [0.2, 0.25) is 0 Å². The minimum Gasteiger partial charge on any atom is -0.387 e. The molecule has 0 saturated carbocycles. The Morgan fingerprint density at radius 2 is 1.84 bits per heavy atom. The second-order valence-corrected chi connectivity index (χ2v) is 7.25. The van der Waals surface area contributed by atoms with Crippen LogP contribution >= 0.6 is 0 Å². The van der Waals surface area contributed by atoms with Crippen molar-refractivity contribution in [3.63, 3.8) is 0 Å². The highest BCUT2D eigenvalue weighted by molar-refractivity contribution is 6.03. The molecule has 0 aliphatic rings. The third-order valence-electron chi connectivity index (χ3n) is 4.78. The molecule has 166 valence electrons. The number of pyridine rings is 1. The molecule has 0 bridgehead atoms. The fourth-order valence-electron chi connectivity index (χ4n) is 3.05. The van der Waals surface area contributed by atoms with Crippen LogP contribution in [0.1, 0.15) is 57.1 Å². The monoisotopic (exact) mass is 422 g/mol. The molecule has 0 aliphatic carbocycles. The fourth-order valence-corrected chi connectivity index (χ4v) is 3.05. The summed E-state index contributed by atoms with van der Waals surface area (Å²) in [6, 6.07) is 11.7. The molecule has 0 amide bonds. The van der Waals surface area contributed by atoms with Crippen molar-refractivity contribution in [2.24, 2.45) is 32.5 Å². The number of hydrazone groups is 1. The summed E-state index contributed by atoms with van der Waals surface area (Å²) in [7, 11) is 0. The third-order valence-corrected chi connectivity index (χ3v) is 4.78. The van der Waals surface area contributed by atoms with Crippen LogP contribution in [-0.4, -0.2) is 29.0 Å². The van der Waals surface area contributed by atoms with E-state index >= 15 is 0 Å². The van der Waals surface area contributed by atoms with Gasteiger partial charge in [-0.25, -0.2) is 10.8 Å². The van der Waals surface area contributed by atoms with Gasteiger partial charge in [-0.15, -0.1) is 0 Å². The van der Waals surface area contributed by atoms with Crippen molar-refractivity contribution >= 4 is 17.5 Å². The maximum absolute atomic E-state index is 6.11. The van der Waals surface area contributed by atoms with Gasteiger partial charge in [-0.05, 0) is 24.5 Å². The third kappa shape index (κ3) is 7.49. The van der Waals surface area contributed by atoms with Crippen molar-refractivity contribution in [1.29, 1.82) is 0 Å². The molecule has 1 aromatic carbocycles. The minimum atomic E-state index is 0.392. The van der Waals surface area contributed by atoms with Gasteiger partial charge < -0.3 is 17.0 Å². The van der Waals surface area contributed by atoms with Crippen LogP contribution in [0.25, 0.3) is 11.3 Å². The van der Waals surface area contributed by atoms with E-state index in [-0.39, 0.29) is 0 Å². The maximum Gasteiger partial charge on any atom is 0.167 e. The average molecular weight is 423 g/mol. The van der Waals surface area contributed by atoms with Crippen molar-refractivity contribution < 1.29 is 0 Å². The van der Waals surface area contributed by atoms with Gasteiger partial charge in [0.1, 0.15) is 11.7 Å². The number of amidine groups is 3. The fraction of sp³-hybridized carbons (Fsp3) is 0.391.